The van der Waals surface area contributed by atoms with Crippen molar-refractivity contribution in [3.05, 3.63) is 168 Å². The van der Waals surface area contributed by atoms with Crippen molar-refractivity contribution in [2.45, 2.75) is 39.1 Å². The fourth-order valence-electron chi connectivity index (χ4n) is 6.80. The fraction of sp³-hybridized carbons (Fsp3) is 0.267. The van der Waals surface area contributed by atoms with Gasteiger partial charge in [-0.05, 0) is 74.8 Å². The predicted molar refractivity (Wildman–Crippen MR) is 216 cm³/mol. The molecule has 0 saturated heterocycles. The van der Waals surface area contributed by atoms with Crippen molar-refractivity contribution in [1.82, 2.24) is 29.6 Å². The van der Waals surface area contributed by atoms with Gasteiger partial charge in [0.2, 0.25) is 0 Å². The largest absolute Gasteiger partial charge is 0.349 e. The molecule has 6 rings (SSSR count). The minimum atomic E-state index is 0.782. The topological polar surface area (TPSA) is 51.1 Å². The first-order chi connectivity index (χ1) is 25.4. The Hall–Kier alpha value is -5.37. The lowest BCUT2D eigenvalue weighted by molar-refractivity contribution is 0.244. The van der Waals surface area contributed by atoms with Crippen molar-refractivity contribution in [3.63, 3.8) is 0 Å². The average molecular weight is 690 g/mol. The molecular formula is C45H51N7. The maximum Gasteiger partial charge on any atom is 0.195 e. The molecule has 0 aliphatic carbocycles. The van der Waals surface area contributed by atoms with Gasteiger partial charge in [-0.15, -0.1) is 0 Å². The van der Waals surface area contributed by atoms with Crippen LogP contribution >= 0.6 is 0 Å². The molecule has 4 aromatic carbocycles. The molecule has 0 aliphatic heterocycles. The highest BCUT2D eigenvalue weighted by molar-refractivity contribution is 5.85. The highest BCUT2D eigenvalue weighted by Crippen LogP contribution is 2.24. The van der Waals surface area contributed by atoms with Gasteiger partial charge in [0.25, 0.3) is 0 Å². The summed E-state index contributed by atoms with van der Waals surface area (Å²) < 4.78 is 0. The Labute approximate surface area is 309 Å². The van der Waals surface area contributed by atoms with Crippen LogP contribution in [0.25, 0.3) is 21.9 Å². The molecule has 2 aromatic heterocycles. The van der Waals surface area contributed by atoms with Crippen LogP contribution in [0.1, 0.15) is 34.4 Å². The van der Waals surface area contributed by atoms with Gasteiger partial charge in [0, 0.05) is 92.6 Å². The summed E-state index contributed by atoms with van der Waals surface area (Å²) in [4.78, 5) is 22.8. The van der Waals surface area contributed by atoms with Gasteiger partial charge in [0.1, 0.15) is 0 Å². The monoisotopic (exact) mass is 689 g/mol. The van der Waals surface area contributed by atoms with Gasteiger partial charge >= 0.3 is 0 Å². The number of fused-ring (bicyclic) bond motifs is 1. The van der Waals surface area contributed by atoms with Crippen LogP contribution in [0, 0.1) is 0 Å². The van der Waals surface area contributed by atoms with Gasteiger partial charge in [0.15, 0.2) is 5.96 Å². The molecule has 2 heterocycles. The van der Waals surface area contributed by atoms with E-state index >= 15 is 0 Å². The lowest BCUT2D eigenvalue weighted by Crippen LogP contribution is -2.35. The van der Waals surface area contributed by atoms with Crippen LogP contribution in [-0.2, 0) is 32.7 Å². The van der Waals surface area contributed by atoms with Crippen LogP contribution in [0.3, 0.4) is 0 Å². The van der Waals surface area contributed by atoms with Gasteiger partial charge in [-0.1, -0.05) is 97.1 Å². The lowest BCUT2D eigenvalue weighted by Gasteiger charge is -2.25. The van der Waals surface area contributed by atoms with Crippen LogP contribution in [0.15, 0.2) is 145 Å². The van der Waals surface area contributed by atoms with Crippen LogP contribution in [0.5, 0.6) is 0 Å². The number of nitrogens with zero attached hydrogens (tertiary/aromatic N) is 7. The molecule has 7 nitrogen and oxygen atoms in total. The second-order valence-corrected chi connectivity index (χ2v) is 13.9. The molecule has 0 fully saturated rings. The fourth-order valence-corrected chi connectivity index (χ4v) is 6.80. The van der Waals surface area contributed by atoms with Crippen molar-refractivity contribution in [2.24, 2.45) is 4.99 Å². The zero-order chi connectivity index (χ0) is 36.1. The number of benzene rings is 4. The third kappa shape index (κ3) is 10.3. The molecule has 7 heteroatoms. The summed E-state index contributed by atoms with van der Waals surface area (Å²) in [5.41, 5.74) is 8.72. The third-order valence-electron chi connectivity index (χ3n) is 9.28. The van der Waals surface area contributed by atoms with E-state index in [4.69, 9.17) is 4.99 Å². The summed E-state index contributed by atoms with van der Waals surface area (Å²) in [6, 6.07) is 43.8. The lowest BCUT2D eigenvalue weighted by atomic mass is 10.0. The van der Waals surface area contributed by atoms with E-state index in [1.165, 1.54) is 44.2 Å². The van der Waals surface area contributed by atoms with E-state index < -0.39 is 0 Å². The first-order valence-electron chi connectivity index (χ1n) is 18.2. The minimum absolute atomic E-state index is 0.782. The zero-order valence-corrected chi connectivity index (χ0v) is 31.1. The smallest absolute Gasteiger partial charge is 0.195 e. The number of rotatable bonds is 15. The summed E-state index contributed by atoms with van der Waals surface area (Å²) in [5, 5.41) is 2.61. The van der Waals surface area contributed by atoms with E-state index in [1.807, 2.05) is 52.8 Å². The average Bonchev–Trinajstić information content (AvgIpc) is 3.16. The number of guanidine groups is 1. The predicted octanol–water partition coefficient (Wildman–Crippen LogP) is 8.37. The molecule has 0 spiro atoms. The summed E-state index contributed by atoms with van der Waals surface area (Å²) in [6.07, 6.45) is 6.58. The van der Waals surface area contributed by atoms with Crippen molar-refractivity contribution in [1.29, 1.82) is 0 Å². The van der Waals surface area contributed by atoms with Gasteiger partial charge in [-0.25, -0.2) is 0 Å². The number of hydrogen-bond acceptors (Lipinski definition) is 5. The maximum atomic E-state index is 4.90. The molecule has 0 unspecified atom stereocenters. The Bertz CT molecular complexity index is 1930. The summed E-state index contributed by atoms with van der Waals surface area (Å²) in [5.74, 6) is 0.996. The molecule has 0 bridgehead atoms. The standard InChI is InChI=1S/C45H51N7/c1-49(2)45(50(3)4)48-27-10-30-51(34-42-13-9-12-41-11-5-6-15-44(41)42)31-36-16-20-39(21-17-36)40-22-18-37(19-23-40)32-52(33-38-24-28-46-29-25-38)35-43-14-7-8-26-47-43/h5-9,11-26,28-29H,10,27,30-35H2,1-4H3. The molecule has 6 aromatic rings. The van der Waals surface area contributed by atoms with Crippen molar-refractivity contribution in [2.75, 3.05) is 41.3 Å². The Kier molecular flexibility index (Phi) is 12.8. The Morgan fingerprint density at radius 1 is 0.538 bits per heavy atom. The first-order valence-corrected chi connectivity index (χ1v) is 18.2. The number of hydrogen-bond donors (Lipinski definition) is 0. The molecule has 0 radical (unpaired) electrons. The second-order valence-electron chi connectivity index (χ2n) is 13.9. The maximum absolute atomic E-state index is 4.90. The van der Waals surface area contributed by atoms with Crippen LogP contribution in [-0.4, -0.2) is 76.8 Å². The third-order valence-corrected chi connectivity index (χ3v) is 9.28. The van der Waals surface area contributed by atoms with E-state index in [-0.39, 0.29) is 0 Å². The number of aromatic nitrogens is 2. The Balaban J connectivity index is 1.13. The molecule has 52 heavy (non-hydrogen) atoms. The summed E-state index contributed by atoms with van der Waals surface area (Å²) in [7, 11) is 8.20. The van der Waals surface area contributed by atoms with E-state index in [2.05, 4.69) is 145 Å². The number of aliphatic imine (C=N–C) groups is 1. The first kappa shape index (κ1) is 36.4. The van der Waals surface area contributed by atoms with Crippen LogP contribution in [0.2, 0.25) is 0 Å². The quantitative estimate of drug-likeness (QED) is 0.0614. The zero-order valence-electron chi connectivity index (χ0n) is 31.1. The SMILES string of the molecule is CN(C)C(=NCCCN(Cc1ccc(-c2ccc(CN(Cc3ccncc3)Cc3ccccn3)cc2)cc1)Cc1cccc2ccccc12)N(C)C. The normalized spacial score (nSPS) is 11.3. The second kappa shape index (κ2) is 18.2. The molecule has 266 valence electrons. The molecule has 0 saturated carbocycles. The van der Waals surface area contributed by atoms with Gasteiger partial charge < -0.3 is 9.80 Å². The van der Waals surface area contributed by atoms with E-state index in [0.717, 1.165) is 63.9 Å². The van der Waals surface area contributed by atoms with Gasteiger partial charge in [-0.2, -0.15) is 0 Å². The molecule has 0 atom stereocenters. The highest BCUT2D eigenvalue weighted by atomic mass is 15.3. The van der Waals surface area contributed by atoms with Crippen molar-refractivity contribution < 1.29 is 0 Å². The van der Waals surface area contributed by atoms with E-state index in [1.54, 1.807) is 0 Å². The summed E-state index contributed by atoms with van der Waals surface area (Å²) in [6.45, 7) is 5.97. The Morgan fingerprint density at radius 3 is 1.77 bits per heavy atom. The highest BCUT2D eigenvalue weighted by Gasteiger charge is 2.13. The molecule has 0 aliphatic rings. The summed E-state index contributed by atoms with van der Waals surface area (Å²) >= 11 is 0. The number of pyridine rings is 2. The molecule has 0 N–H and O–H groups in total. The van der Waals surface area contributed by atoms with Crippen LogP contribution in [0.4, 0.5) is 0 Å². The van der Waals surface area contributed by atoms with Crippen molar-refractivity contribution in [3.8, 4) is 11.1 Å². The Morgan fingerprint density at radius 2 is 1.13 bits per heavy atom. The molecular weight excluding hydrogens is 639 g/mol. The minimum Gasteiger partial charge on any atom is -0.349 e. The van der Waals surface area contributed by atoms with Crippen molar-refractivity contribution >= 4 is 16.7 Å². The van der Waals surface area contributed by atoms with E-state index in [0.29, 0.717) is 0 Å². The van der Waals surface area contributed by atoms with Gasteiger partial charge in [-0.3, -0.25) is 24.8 Å². The van der Waals surface area contributed by atoms with Crippen LogP contribution < -0.4 is 0 Å². The molecule has 0 amide bonds. The van der Waals surface area contributed by atoms with E-state index in [9.17, 15) is 0 Å². The van der Waals surface area contributed by atoms with Gasteiger partial charge in [0.05, 0.1) is 5.69 Å².